The van der Waals surface area contributed by atoms with Crippen LogP contribution in [0.5, 0.6) is 0 Å². The number of rotatable bonds is 3. The van der Waals surface area contributed by atoms with Gasteiger partial charge in [0.05, 0.1) is 5.69 Å². The summed E-state index contributed by atoms with van der Waals surface area (Å²) in [6, 6.07) is 13.4. The number of hydrogen-bond donors (Lipinski definition) is 1. The largest absolute Gasteiger partial charge is 0.457 e. The molecule has 0 saturated carbocycles. The fourth-order valence-electron chi connectivity index (χ4n) is 3.20. The molecule has 0 bridgehead atoms. The minimum absolute atomic E-state index is 0.226. The van der Waals surface area contributed by atoms with Gasteiger partial charge in [-0.25, -0.2) is 14.1 Å². The van der Waals surface area contributed by atoms with Crippen LogP contribution in [0.1, 0.15) is 16.9 Å². The molecule has 0 atom stereocenters. The highest BCUT2D eigenvalue weighted by atomic mass is 19.1. The Kier molecular flexibility index (Phi) is 4.79. The number of halogens is 1. The Morgan fingerprint density at radius 1 is 0.967 bits per heavy atom. The minimum atomic E-state index is -0.803. The Morgan fingerprint density at radius 2 is 1.70 bits per heavy atom. The molecule has 0 unspecified atom stereocenters. The first-order chi connectivity index (χ1) is 14.3. The lowest BCUT2D eigenvalue weighted by atomic mass is 10.0. The number of hydrogen-bond acceptors (Lipinski definition) is 4. The zero-order valence-electron chi connectivity index (χ0n) is 16.2. The summed E-state index contributed by atoms with van der Waals surface area (Å²) < 4.78 is 18.8. The third-order valence-corrected chi connectivity index (χ3v) is 4.96. The van der Waals surface area contributed by atoms with E-state index in [1.165, 1.54) is 18.2 Å². The van der Waals surface area contributed by atoms with Crippen LogP contribution in [0.2, 0.25) is 0 Å². The molecule has 7 heteroatoms. The Balaban J connectivity index is 1.70. The van der Waals surface area contributed by atoms with Crippen LogP contribution in [0, 0.1) is 19.7 Å². The summed E-state index contributed by atoms with van der Waals surface area (Å²) in [7, 11) is 0. The number of imide groups is 2. The van der Waals surface area contributed by atoms with Gasteiger partial charge in [0.1, 0.15) is 22.9 Å². The van der Waals surface area contributed by atoms with Crippen molar-refractivity contribution in [1.82, 2.24) is 5.32 Å². The van der Waals surface area contributed by atoms with E-state index >= 15 is 0 Å². The lowest BCUT2D eigenvalue weighted by Gasteiger charge is -2.27. The zero-order chi connectivity index (χ0) is 21.4. The van der Waals surface area contributed by atoms with Gasteiger partial charge in [-0.05, 0) is 73.5 Å². The summed E-state index contributed by atoms with van der Waals surface area (Å²) >= 11 is 0. The van der Waals surface area contributed by atoms with Crippen LogP contribution in [0.25, 0.3) is 17.4 Å². The lowest BCUT2D eigenvalue weighted by Crippen LogP contribution is -2.54. The molecule has 6 nitrogen and oxygen atoms in total. The number of anilines is 1. The van der Waals surface area contributed by atoms with Crippen LogP contribution in [0.3, 0.4) is 0 Å². The molecule has 1 aliphatic heterocycles. The van der Waals surface area contributed by atoms with Gasteiger partial charge < -0.3 is 4.42 Å². The number of nitrogens with zero attached hydrogens (tertiary/aromatic N) is 1. The first-order valence-corrected chi connectivity index (χ1v) is 9.18. The molecule has 2 heterocycles. The molecule has 1 aromatic heterocycles. The molecule has 1 aliphatic rings. The van der Waals surface area contributed by atoms with Crippen LogP contribution < -0.4 is 10.2 Å². The van der Waals surface area contributed by atoms with Gasteiger partial charge >= 0.3 is 6.03 Å². The first-order valence-electron chi connectivity index (χ1n) is 9.18. The normalized spacial score (nSPS) is 15.6. The van der Waals surface area contributed by atoms with Crippen molar-refractivity contribution in [1.29, 1.82) is 0 Å². The van der Waals surface area contributed by atoms with Crippen LogP contribution >= 0.6 is 0 Å². The number of amides is 4. The van der Waals surface area contributed by atoms with Crippen molar-refractivity contribution in [3.05, 3.63) is 82.9 Å². The number of aryl methyl sites for hydroxylation is 1. The molecule has 4 amide bonds. The number of barbiturate groups is 1. The van der Waals surface area contributed by atoms with Crippen molar-refractivity contribution >= 4 is 29.6 Å². The maximum Gasteiger partial charge on any atom is 0.335 e. The molecule has 1 saturated heterocycles. The standard InChI is InChI=1S/C23H17FN2O4/c1-13-4-3-5-19(14(13)2)26-22(28)18(21(27)25-23(26)29)12-17-10-11-20(30-17)15-6-8-16(24)9-7-15/h3-12H,1-2H3,(H,25,27,29)/b18-12-. The van der Waals surface area contributed by atoms with Crippen LogP contribution in [0.4, 0.5) is 14.9 Å². The molecule has 30 heavy (non-hydrogen) atoms. The van der Waals surface area contributed by atoms with Gasteiger partial charge in [0.15, 0.2) is 0 Å². The average molecular weight is 404 g/mol. The molecule has 1 N–H and O–H groups in total. The molecule has 0 aliphatic carbocycles. The Bertz CT molecular complexity index is 1210. The number of carbonyl (C=O) groups is 3. The maximum atomic E-state index is 13.1. The third-order valence-electron chi connectivity index (χ3n) is 4.96. The zero-order valence-corrected chi connectivity index (χ0v) is 16.2. The second-order valence-corrected chi connectivity index (χ2v) is 6.89. The predicted octanol–water partition coefficient (Wildman–Crippen LogP) is 4.37. The smallest absolute Gasteiger partial charge is 0.335 e. The summed E-state index contributed by atoms with van der Waals surface area (Å²) in [4.78, 5) is 38.7. The molecule has 0 radical (unpaired) electrons. The van der Waals surface area contributed by atoms with Crippen molar-refractivity contribution < 1.29 is 23.2 Å². The second kappa shape index (κ2) is 7.44. The number of nitrogens with one attached hydrogen (secondary N) is 1. The molecule has 4 rings (SSSR count). The highest BCUT2D eigenvalue weighted by molar-refractivity contribution is 6.39. The molecule has 150 valence electrons. The van der Waals surface area contributed by atoms with Crippen LogP contribution in [-0.4, -0.2) is 17.8 Å². The van der Waals surface area contributed by atoms with Gasteiger partial charge in [0.2, 0.25) is 0 Å². The maximum absolute atomic E-state index is 13.1. The van der Waals surface area contributed by atoms with Crippen LogP contribution in [0.15, 0.2) is 64.6 Å². The van der Waals surface area contributed by atoms with Crippen molar-refractivity contribution in [3.63, 3.8) is 0 Å². The van der Waals surface area contributed by atoms with E-state index in [0.29, 0.717) is 17.0 Å². The summed E-state index contributed by atoms with van der Waals surface area (Å²) in [6.07, 6.45) is 1.29. The van der Waals surface area contributed by atoms with Crippen molar-refractivity contribution in [2.24, 2.45) is 0 Å². The Hall–Kier alpha value is -4.00. The fourth-order valence-corrected chi connectivity index (χ4v) is 3.20. The van der Waals surface area contributed by atoms with Gasteiger partial charge in [0, 0.05) is 5.56 Å². The summed E-state index contributed by atoms with van der Waals surface area (Å²) in [5, 5.41) is 2.20. The molecule has 2 aromatic carbocycles. The highest BCUT2D eigenvalue weighted by Gasteiger charge is 2.37. The monoisotopic (exact) mass is 404 g/mol. The topological polar surface area (TPSA) is 79.6 Å². The second-order valence-electron chi connectivity index (χ2n) is 6.89. The molecule has 3 aromatic rings. The van der Waals surface area contributed by atoms with Crippen LogP contribution in [-0.2, 0) is 9.59 Å². The van der Waals surface area contributed by atoms with E-state index in [-0.39, 0.29) is 17.2 Å². The number of furan rings is 1. The van der Waals surface area contributed by atoms with Gasteiger partial charge in [-0.1, -0.05) is 12.1 Å². The highest BCUT2D eigenvalue weighted by Crippen LogP contribution is 2.28. The predicted molar refractivity (Wildman–Crippen MR) is 109 cm³/mol. The average Bonchev–Trinajstić information content (AvgIpc) is 3.17. The molecule has 0 spiro atoms. The Labute approximate surface area is 171 Å². The number of urea groups is 1. The lowest BCUT2D eigenvalue weighted by molar-refractivity contribution is -0.122. The SMILES string of the molecule is Cc1cccc(N2C(=O)NC(=O)/C(=C/c3ccc(-c4ccc(F)cc4)o3)C2=O)c1C. The van der Waals surface area contributed by atoms with Gasteiger partial charge in [-0.2, -0.15) is 0 Å². The van der Waals surface area contributed by atoms with E-state index < -0.39 is 17.8 Å². The van der Waals surface area contributed by atoms with Gasteiger partial charge in [-0.15, -0.1) is 0 Å². The van der Waals surface area contributed by atoms with Crippen molar-refractivity contribution in [2.75, 3.05) is 4.90 Å². The van der Waals surface area contributed by atoms with E-state index in [9.17, 15) is 18.8 Å². The van der Waals surface area contributed by atoms with Crippen molar-refractivity contribution in [3.8, 4) is 11.3 Å². The first kappa shape index (κ1) is 19.3. The van der Waals surface area contributed by atoms with E-state index in [0.717, 1.165) is 16.0 Å². The summed E-state index contributed by atoms with van der Waals surface area (Å²) in [6.45, 7) is 3.67. The molecular formula is C23H17FN2O4. The van der Waals surface area contributed by atoms with Gasteiger partial charge in [-0.3, -0.25) is 14.9 Å². The third kappa shape index (κ3) is 3.41. The van der Waals surface area contributed by atoms with Crippen molar-refractivity contribution in [2.45, 2.75) is 13.8 Å². The van der Waals surface area contributed by atoms with E-state index in [1.807, 2.05) is 13.0 Å². The molecular weight excluding hydrogens is 387 g/mol. The van der Waals surface area contributed by atoms with E-state index in [4.69, 9.17) is 4.42 Å². The minimum Gasteiger partial charge on any atom is -0.457 e. The number of carbonyl (C=O) groups excluding carboxylic acids is 3. The summed E-state index contributed by atoms with van der Waals surface area (Å²) in [5.41, 5.74) is 2.49. The molecule has 1 fully saturated rings. The van der Waals surface area contributed by atoms with E-state index in [2.05, 4.69) is 5.32 Å². The Morgan fingerprint density at radius 3 is 2.43 bits per heavy atom. The quantitative estimate of drug-likeness (QED) is 0.519. The summed E-state index contributed by atoms with van der Waals surface area (Å²) in [5.74, 6) is -1.20. The fraction of sp³-hybridized carbons (Fsp3) is 0.0870. The van der Waals surface area contributed by atoms with E-state index in [1.54, 1.807) is 43.3 Å². The number of benzene rings is 2. The van der Waals surface area contributed by atoms with Gasteiger partial charge in [0.25, 0.3) is 11.8 Å².